The Labute approximate surface area is 183 Å². The first-order chi connectivity index (χ1) is 14.8. The van der Waals surface area contributed by atoms with Gasteiger partial charge in [0, 0.05) is 43.2 Å². The van der Waals surface area contributed by atoms with E-state index in [9.17, 15) is 4.79 Å². The summed E-state index contributed by atoms with van der Waals surface area (Å²) in [5.74, 6) is 0.732. The Morgan fingerprint density at radius 1 is 1.10 bits per heavy atom. The quantitative estimate of drug-likeness (QED) is 0.645. The van der Waals surface area contributed by atoms with Crippen LogP contribution in [0, 0.1) is 0 Å². The van der Waals surface area contributed by atoms with Gasteiger partial charge in [-0.1, -0.05) is 39.8 Å². The normalized spacial score (nSPS) is 15.5. The topological polar surface area (TPSA) is 63.0 Å². The lowest BCUT2D eigenvalue weighted by atomic mass is 9.93. The first-order valence-electron chi connectivity index (χ1n) is 10.9. The Morgan fingerprint density at radius 3 is 2.48 bits per heavy atom. The van der Waals surface area contributed by atoms with Crippen LogP contribution in [-0.4, -0.2) is 70.1 Å². The van der Waals surface area contributed by atoms with E-state index in [0.717, 1.165) is 55.4 Å². The highest BCUT2D eigenvalue weighted by molar-refractivity contribution is 5.94. The zero-order valence-corrected chi connectivity index (χ0v) is 19.1. The van der Waals surface area contributed by atoms with Crippen LogP contribution in [0.5, 0.6) is 5.75 Å². The molecule has 0 spiro atoms. The first kappa shape index (κ1) is 21.3. The van der Waals surface area contributed by atoms with E-state index >= 15 is 0 Å². The fourth-order valence-electron chi connectivity index (χ4n) is 3.87. The van der Waals surface area contributed by atoms with Crippen LogP contribution < -0.4 is 4.74 Å². The van der Waals surface area contributed by atoms with Crippen molar-refractivity contribution in [3.63, 3.8) is 0 Å². The van der Waals surface area contributed by atoms with Crippen molar-refractivity contribution in [1.29, 1.82) is 0 Å². The molecule has 1 amide bonds. The number of amides is 1. The molecule has 0 bridgehead atoms. The number of benzene rings is 1. The maximum absolute atomic E-state index is 13.3. The largest absolute Gasteiger partial charge is 0.497 e. The number of hydrogen-bond acceptors (Lipinski definition) is 5. The monoisotopic (exact) mass is 421 g/mol. The maximum Gasteiger partial charge on any atom is 0.272 e. The number of likely N-dealkylation sites (N-methyl/N-ethyl adjacent to an activating group) is 1. The van der Waals surface area contributed by atoms with Crippen molar-refractivity contribution in [1.82, 2.24) is 24.4 Å². The van der Waals surface area contributed by atoms with Gasteiger partial charge in [0.2, 0.25) is 0 Å². The highest BCUT2D eigenvalue weighted by Crippen LogP contribution is 2.28. The van der Waals surface area contributed by atoms with Gasteiger partial charge in [0.05, 0.1) is 18.5 Å². The summed E-state index contributed by atoms with van der Waals surface area (Å²) in [6, 6.07) is 11.7. The molecule has 1 saturated heterocycles. The fourth-order valence-corrected chi connectivity index (χ4v) is 3.87. The second-order valence-electron chi connectivity index (χ2n) is 9.03. The Bertz CT molecular complexity index is 1090. The summed E-state index contributed by atoms with van der Waals surface area (Å²) in [4.78, 5) is 22.3. The Hall–Kier alpha value is -2.93. The van der Waals surface area contributed by atoms with Crippen LogP contribution in [0.25, 0.3) is 16.9 Å². The van der Waals surface area contributed by atoms with Crippen LogP contribution in [0.3, 0.4) is 0 Å². The molecule has 0 N–H and O–H groups in total. The molecule has 164 valence electrons. The number of fused-ring (bicyclic) bond motifs is 1. The Kier molecular flexibility index (Phi) is 5.71. The number of ether oxygens (including phenoxy) is 1. The van der Waals surface area contributed by atoms with E-state index in [-0.39, 0.29) is 11.3 Å². The molecule has 31 heavy (non-hydrogen) atoms. The van der Waals surface area contributed by atoms with Gasteiger partial charge in [-0.3, -0.25) is 4.79 Å². The average Bonchev–Trinajstić information content (AvgIpc) is 3.23. The zero-order chi connectivity index (χ0) is 22.2. The molecule has 1 aliphatic heterocycles. The molecule has 4 rings (SSSR count). The highest BCUT2D eigenvalue weighted by Gasteiger charge is 2.25. The summed E-state index contributed by atoms with van der Waals surface area (Å²) >= 11 is 0. The number of aromatic nitrogens is 3. The maximum atomic E-state index is 13.3. The van der Waals surface area contributed by atoms with E-state index in [1.54, 1.807) is 7.11 Å². The molecule has 0 aliphatic carbocycles. The molecule has 2 aromatic heterocycles. The predicted molar refractivity (Wildman–Crippen MR) is 122 cm³/mol. The summed E-state index contributed by atoms with van der Waals surface area (Å²) in [5.41, 5.74) is 3.71. The SMILES string of the molecule is CCN1CCN(C(=O)c2cc(-c3cccc(OC)c3)n3nc(C(C)(C)C)cc3n2)CC1. The number of methoxy groups -OCH3 is 1. The van der Waals surface area contributed by atoms with Crippen LogP contribution in [0.1, 0.15) is 43.9 Å². The third-order valence-electron chi connectivity index (χ3n) is 5.89. The van der Waals surface area contributed by atoms with Crippen LogP contribution in [0.2, 0.25) is 0 Å². The van der Waals surface area contributed by atoms with Gasteiger partial charge >= 0.3 is 0 Å². The third-order valence-corrected chi connectivity index (χ3v) is 5.89. The lowest BCUT2D eigenvalue weighted by molar-refractivity contribution is 0.0638. The zero-order valence-electron chi connectivity index (χ0n) is 19.1. The minimum atomic E-state index is -0.125. The molecule has 3 aromatic rings. The van der Waals surface area contributed by atoms with Gasteiger partial charge in [0.25, 0.3) is 5.91 Å². The molecular weight excluding hydrogens is 390 g/mol. The summed E-state index contributed by atoms with van der Waals surface area (Å²) < 4.78 is 7.25. The number of carbonyl (C=O) groups excluding carboxylic acids is 1. The molecule has 0 atom stereocenters. The molecular formula is C24H31N5O2. The lowest BCUT2D eigenvalue weighted by Gasteiger charge is -2.33. The van der Waals surface area contributed by atoms with Gasteiger partial charge in [-0.05, 0) is 24.7 Å². The highest BCUT2D eigenvalue weighted by atomic mass is 16.5. The van der Waals surface area contributed by atoms with E-state index in [1.807, 2.05) is 45.8 Å². The summed E-state index contributed by atoms with van der Waals surface area (Å²) in [5, 5.41) is 4.83. The van der Waals surface area contributed by atoms with Crippen molar-refractivity contribution < 1.29 is 9.53 Å². The first-order valence-corrected chi connectivity index (χ1v) is 10.9. The second-order valence-corrected chi connectivity index (χ2v) is 9.03. The van der Waals surface area contributed by atoms with Gasteiger partial charge in [-0.25, -0.2) is 9.50 Å². The van der Waals surface area contributed by atoms with Crippen molar-refractivity contribution in [3.05, 3.63) is 47.8 Å². The van der Waals surface area contributed by atoms with Crippen LogP contribution in [0.15, 0.2) is 36.4 Å². The molecule has 7 nitrogen and oxygen atoms in total. The molecule has 0 saturated carbocycles. The van der Waals surface area contributed by atoms with Gasteiger partial charge in [-0.15, -0.1) is 0 Å². The number of piperazine rings is 1. The predicted octanol–water partition coefficient (Wildman–Crippen LogP) is 3.48. The van der Waals surface area contributed by atoms with E-state index < -0.39 is 0 Å². The van der Waals surface area contributed by atoms with Crippen LogP contribution in [-0.2, 0) is 5.41 Å². The number of carbonyl (C=O) groups is 1. The van der Waals surface area contributed by atoms with Gasteiger partial charge in [0.1, 0.15) is 11.4 Å². The minimum absolute atomic E-state index is 0.0269. The summed E-state index contributed by atoms with van der Waals surface area (Å²) in [6.45, 7) is 12.8. The average molecular weight is 422 g/mol. The number of nitrogens with zero attached hydrogens (tertiary/aromatic N) is 5. The standard InChI is InChI=1S/C24H31N5O2/c1-6-27-10-12-28(13-11-27)23(30)19-15-20(17-8-7-9-18(14-17)31-5)29-22(25-19)16-21(26-29)24(2,3)4/h7-9,14-16H,6,10-13H2,1-5H3. The summed E-state index contributed by atoms with van der Waals surface area (Å²) in [6.07, 6.45) is 0. The fraction of sp³-hybridized carbons (Fsp3) is 0.458. The van der Waals surface area contributed by atoms with Gasteiger partial charge < -0.3 is 14.5 Å². The van der Waals surface area contributed by atoms with Crippen molar-refractivity contribution in [3.8, 4) is 17.0 Å². The number of rotatable bonds is 4. The molecule has 7 heteroatoms. The molecule has 1 aliphatic rings. The van der Waals surface area contributed by atoms with E-state index in [0.29, 0.717) is 11.3 Å². The van der Waals surface area contributed by atoms with E-state index in [2.05, 4.69) is 32.6 Å². The molecule has 0 radical (unpaired) electrons. The van der Waals surface area contributed by atoms with Crippen molar-refractivity contribution in [2.24, 2.45) is 0 Å². The van der Waals surface area contributed by atoms with Gasteiger partial charge in [0.15, 0.2) is 5.65 Å². The smallest absolute Gasteiger partial charge is 0.272 e. The molecule has 1 fully saturated rings. The van der Waals surface area contributed by atoms with Crippen molar-refractivity contribution in [2.45, 2.75) is 33.1 Å². The second kappa shape index (κ2) is 8.30. The van der Waals surface area contributed by atoms with E-state index in [1.165, 1.54) is 0 Å². The minimum Gasteiger partial charge on any atom is -0.497 e. The van der Waals surface area contributed by atoms with E-state index in [4.69, 9.17) is 14.8 Å². The third kappa shape index (κ3) is 4.28. The van der Waals surface area contributed by atoms with Crippen molar-refractivity contribution >= 4 is 11.6 Å². The van der Waals surface area contributed by atoms with Crippen LogP contribution in [0.4, 0.5) is 0 Å². The lowest BCUT2D eigenvalue weighted by Crippen LogP contribution is -2.48. The Balaban J connectivity index is 1.80. The Morgan fingerprint density at radius 2 is 1.84 bits per heavy atom. The van der Waals surface area contributed by atoms with Gasteiger partial charge in [-0.2, -0.15) is 5.10 Å². The molecule has 3 heterocycles. The molecule has 0 unspecified atom stereocenters. The van der Waals surface area contributed by atoms with Crippen LogP contribution >= 0.6 is 0 Å². The van der Waals surface area contributed by atoms with Crippen molar-refractivity contribution in [2.75, 3.05) is 39.8 Å². The molecule has 1 aromatic carbocycles. The summed E-state index contributed by atoms with van der Waals surface area (Å²) in [7, 11) is 1.65. The number of hydrogen-bond donors (Lipinski definition) is 0.